The number of hydrogen-bond acceptors (Lipinski definition) is 4. The molecule has 0 aromatic rings. The summed E-state index contributed by atoms with van der Waals surface area (Å²) in [7, 11) is 5.30. The number of nitrogens with one attached hydrogen (secondary N) is 1. The Bertz CT molecular complexity index is 154. The monoisotopic (exact) mass is 189 g/mol. The van der Waals surface area contributed by atoms with E-state index in [9.17, 15) is 0 Å². The highest BCUT2D eigenvalue weighted by Gasteiger charge is 2.35. The van der Waals surface area contributed by atoms with E-state index >= 15 is 0 Å². The predicted octanol–water partition coefficient (Wildman–Crippen LogP) is 0.371. The number of hydrogen-bond donors (Lipinski definition) is 1. The van der Waals surface area contributed by atoms with Crippen LogP contribution >= 0.6 is 0 Å². The highest BCUT2D eigenvalue weighted by molar-refractivity contribution is 4.86. The van der Waals surface area contributed by atoms with Crippen LogP contribution in [0.3, 0.4) is 0 Å². The van der Waals surface area contributed by atoms with Crippen molar-refractivity contribution in [3.8, 4) is 0 Å². The van der Waals surface area contributed by atoms with Crippen molar-refractivity contribution in [3.05, 3.63) is 0 Å². The lowest BCUT2D eigenvalue weighted by molar-refractivity contribution is -0.213. The van der Waals surface area contributed by atoms with Crippen LogP contribution in [0.5, 0.6) is 0 Å². The van der Waals surface area contributed by atoms with Crippen molar-refractivity contribution in [1.82, 2.24) is 5.32 Å². The fraction of sp³-hybridized carbons (Fsp3) is 1.00. The summed E-state index contributed by atoms with van der Waals surface area (Å²) in [6.45, 7) is 2.03. The van der Waals surface area contributed by atoms with Crippen molar-refractivity contribution in [1.29, 1.82) is 0 Å². The van der Waals surface area contributed by atoms with E-state index < -0.39 is 0 Å². The Labute approximate surface area is 79.5 Å². The summed E-state index contributed by atoms with van der Waals surface area (Å²) in [5.41, 5.74) is 0. The molecule has 0 bridgehead atoms. The lowest BCUT2D eigenvalue weighted by Crippen LogP contribution is -2.54. The van der Waals surface area contributed by atoms with Crippen LogP contribution in [0.25, 0.3) is 0 Å². The fourth-order valence-corrected chi connectivity index (χ4v) is 1.83. The first-order valence-corrected chi connectivity index (χ1v) is 4.61. The summed E-state index contributed by atoms with van der Waals surface area (Å²) in [5.74, 6) is 0. The summed E-state index contributed by atoms with van der Waals surface area (Å²) in [6, 6.07) is 0.247. The minimum atomic E-state index is -0.135. The Morgan fingerprint density at radius 1 is 1.31 bits per heavy atom. The minimum absolute atomic E-state index is 0.119. The number of likely N-dealkylation sites (N-methyl/N-ethyl adjacent to an activating group) is 1. The Morgan fingerprint density at radius 3 is 2.46 bits per heavy atom. The van der Waals surface area contributed by atoms with Crippen LogP contribution in [0.4, 0.5) is 0 Å². The van der Waals surface area contributed by atoms with Crippen molar-refractivity contribution in [2.24, 2.45) is 0 Å². The average Bonchev–Trinajstić information content (AvgIpc) is 2.16. The van der Waals surface area contributed by atoms with E-state index in [1.165, 1.54) is 0 Å². The van der Waals surface area contributed by atoms with Crippen LogP contribution in [-0.2, 0) is 14.2 Å². The maximum Gasteiger partial charge on any atom is 0.160 e. The number of rotatable bonds is 3. The van der Waals surface area contributed by atoms with Gasteiger partial charge in [-0.05, 0) is 14.0 Å². The van der Waals surface area contributed by atoms with Crippen molar-refractivity contribution in [2.75, 3.05) is 21.3 Å². The summed E-state index contributed by atoms with van der Waals surface area (Å²) in [6.07, 6.45) is 0.931. The molecule has 1 heterocycles. The Morgan fingerprint density at radius 2 is 2.00 bits per heavy atom. The van der Waals surface area contributed by atoms with Gasteiger partial charge in [-0.2, -0.15) is 0 Å². The minimum Gasteiger partial charge on any atom is -0.380 e. The summed E-state index contributed by atoms with van der Waals surface area (Å²) in [5, 5.41) is 3.19. The first-order valence-electron chi connectivity index (χ1n) is 4.61. The lowest BCUT2D eigenvalue weighted by atomic mass is 9.99. The largest absolute Gasteiger partial charge is 0.380 e. The average molecular weight is 189 g/mol. The molecule has 0 saturated carbocycles. The van der Waals surface area contributed by atoms with Crippen LogP contribution in [0.15, 0.2) is 0 Å². The Kier molecular flexibility index (Phi) is 4.12. The van der Waals surface area contributed by atoms with Gasteiger partial charge in [0.25, 0.3) is 0 Å². The van der Waals surface area contributed by atoms with E-state index in [1.54, 1.807) is 14.2 Å². The van der Waals surface area contributed by atoms with Crippen molar-refractivity contribution >= 4 is 0 Å². The SMILES string of the molecule is CNC1C(C)O[C@@H](OC)CC1OC. The highest BCUT2D eigenvalue weighted by atomic mass is 16.7. The van der Waals surface area contributed by atoms with Gasteiger partial charge in [0.05, 0.1) is 18.2 Å². The second-order valence-corrected chi connectivity index (χ2v) is 3.33. The van der Waals surface area contributed by atoms with Gasteiger partial charge in [-0.25, -0.2) is 0 Å². The summed E-state index contributed by atoms with van der Waals surface area (Å²) in [4.78, 5) is 0. The van der Waals surface area contributed by atoms with Gasteiger partial charge >= 0.3 is 0 Å². The third-order valence-corrected chi connectivity index (χ3v) is 2.60. The zero-order valence-electron chi connectivity index (χ0n) is 8.74. The maximum atomic E-state index is 5.61. The number of methoxy groups -OCH3 is 2. The van der Waals surface area contributed by atoms with Gasteiger partial charge in [-0.1, -0.05) is 0 Å². The van der Waals surface area contributed by atoms with Gasteiger partial charge in [-0.3, -0.25) is 0 Å². The van der Waals surface area contributed by atoms with Gasteiger partial charge in [0, 0.05) is 20.6 Å². The Hall–Kier alpha value is -0.160. The highest BCUT2D eigenvalue weighted by Crippen LogP contribution is 2.22. The molecule has 0 aliphatic carbocycles. The quantitative estimate of drug-likeness (QED) is 0.696. The molecule has 4 nitrogen and oxygen atoms in total. The molecule has 78 valence electrons. The molecule has 4 atom stereocenters. The van der Waals surface area contributed by atoms with Gasteiger partial charge < -0.3 is 19.5 Å². The molecule has 1 rings (SSSR count). The predicted molar refractivity (Wildman–Crippen MR) is 49.6 cm³/mol. The van der Waals surface area contributed by atoms with Crippen LogP contribution in [0.1, 0.15) is 13.3 Å². The molecule has 1 fully saturated rings. The normalized spacial score (nSPS) is 40.6. The van der Waals surface area contributed by atoms with E-state index in [-0.39, 0.29) is 24.5 Å². The molecule has 4 heteroatoms. The molecule has 0 amide bonds. The van der Waals surface area contributed by atoms with Crippen LogP contribution < -0.4 is 5.32 Å². The van der Waals surface area contributed by atoms with Crippen LogP contribution in [0, 0.1) is 0 Å². The molecule has 1 N–H and O–H groups in total. The molecule has 0 spiro atoms. The summed E-state index contributed by atoms with van der Waals surface area (Å²) >= 11 is 0. The van der Waals surface area contributed by atoms with E-state index in [0.717, 1.165) is 6.42 Å². The van der Waals surface area contributed by atoms with Crippen molar-refractivity contribution in [3.63, 3.8) is 0 Å². The first kappa shape index (κ1) is 10.9. The first-order chi connectivity index (χ1) is 6.22. The van der Waals surface area contributed by atoms with E-state index in [4.69, 9.17) is 14.2 Å². The molecule has 1 saturated heterocycles. The lowest BCUT2D eigenvalue weighted by Gasteiger charge is -2.39. The van der Waals surface area contributed by atoms with Gasteiger partial charge in [0.2, 0.25) is 0 Å². The maximum absolute atomic E-state index is 5.61. The van der Waals surface area contributed by atoms with E-state index in [0.29, 0.717) is 0 Å². The van der Waals surface area contributed by atoms with Crippen molar-refractivity contribution in [2.45, 2.75) is 37.9 Å². The molecular formula is C9H19NO3. The third-order valence-electron chi connectivity index (χ3n) is 2.60. The smallest absolute Gasteiger partial charge is 0.160 e. The van der Waals surface area contributed by atoms with Gasteiger partial charge in [0.15, 0.2) is 6.29 Å². The topological polar surface area (TPSA) is 39.7 Å². The van der Waals surface area contributed by atoms with Gasteiger partial charge in [0.1, 0.15) is 0 Å². The molecule has 1 aliphatic heterocycles. The number of ether oxygens (including phenoxy) is 3. The van der Waals surface area contributed by atoms with Crippen LogP contribution in [0.2, 0.25) is 0 Å². The van der Waals surface area contributed by atoms with E-state index in [2.05, 4.69) is 5.32 Å². The molecule has 1 aliphatic rings. The fourth-order valence-electron chi connectivity index (χ4n) is 1.83. The molecule has 13 heavy (non-hydrogen) atoms. The second kappa shape index (κ2) is 4.91. The standard InChI is InChI=1S/C9H19NO3/c1-6-9(10-2)7(11-3)5-8(12-4)13-6/h6-10H,5H2,1-4H3/t6?,7?,8-,9?/m1/s1. The zero-order chi connectivity index (χ0) is 9.84. The van der Waals surface area contributed by atoms with Crippen LogP contribution in [-0.4, -0.2) is 45.8 Å². The Balaban J connectivity index is 2.57. The molecular weight excluding hydrogens is 170 g/mol. The molecule has 3 unspecified atom stereocenters. The van der Waals surface area contributed by atoms with E-state index in [1.807, 2.05) is 14.0 Å². The molecule has 0 aromatic heterocycles. The zero-order valence-corrected chi connectivity index (χ0v) is 8.74. The van der Waals surface area contributed by atoms with Crippen molar-refractivity contribution < 1.29 is 14.2 Å². The second-order valence-electron chi connectivity index (χ2n) is 3.33. The van der Waals surface area contributed by atoms with Gasteiger partial charge in [-0.15, -0.1) is 0 Å². The summed E-state index contributed by atoms with van der Waals surface area (Å²) < 4.78 is 16.1. The molecule has 0 radical (unpaired) electrons. The third kappa shape index (κ3) is 2.40. The molecule has 0 aromatic carbocycles.